The molecule has 1 fully saturated rings. The molecule has 1 unspecified atom stereocenters. The summed E-state index contributed by atoms with van der Waals surface area (Å²) in [5, 5.41) is 14.0. The number of nitro groups is 1. The lowest BCUT2D eigenvalue weighted by molar-refractivity contribution is -0.385. The first-order valence-corrected chi connectivity index (χ1v) is 11.1. The van der Waals surface area contributed by atoms with Crippen molar-refractivity contribution in [2.24, 2.45) is 0 Å². The molecule has 0 aliphatic carbocycles. The van der Waals surface area contributed by atoms with Gasteiger partial charge in [-0.3, -0.25) is 24.7 Å². The monoisotopic (exact) mass is 440 g/mol. The topological polar surface area (TPSA) is 88.0 Å². The summed E-state index contributed by atoms with van der Waals surface area (Å²) in [5.41, 5.74) is 2.16. The molecule has 1 aliphatic heterocycles. The molecule has 1 atom stereocenters. The molecule has 32 heavy (non-hydrogen) atoms. The van der Waals surface area contributed by atoms with Gasteiger partial charge < -0.3 is 10.1 Å². The van der Waals surface area contributed by atoms with E-state index in [1.54, 1.807) is 19.1 Å². The van der Waals surface area contributed by atoms with Crippen LogP contribution in [0, 0.1) is 17.0 Å². The predicted octanol–water partition coefficient (Wildman–Crippen LogP) is 3.45. The van der Waals surface area contributed by atoms with Gasteiger partial charge in [0.05, 0.1) is 29.4 Å². The second-order valence-corrected chi connectivity index (χ2v) is 8.22. The first-order chi connectivity index (χ1) is 15.4. The Morgan fingerprint density at radius 1 is 1.19 bits per heavy atom. The van der Waals surface area contributed by atoms with Crippen molar-refractivity contribution in [1.29, 1.82) is 0 Å². The average Bonchev–Trinajstić information content (AvgIpc) is 2.79. The molecule has 8 heteroatoms. The second-order valence-electron chi connectivity index (χ2n) is 8.22. The first-order valence-electron chi connectivity index (χ1n) is 11.1. The minimum Gasteiger partial charge on any atom is -0.379 e. The normalized spacial score (nSPS) is 15.5. The fraction of sp³-hybridized carbons (Fsp3) is 0.458. The number of morpholine rings is 1. The lowest BCUT2D eigenvalue weighted by atomic mass is 10.1. The highest BCUT2D eigenvalue weighted by Crippen LogP contribution is 2.25. The summed E-state index contributed by atoms with van der Waals surface area (Å²) in [7, 11) is 0. The summed E-state index contributed by atoms with van der Waals surface area (Å²) >= 11 is 0. The van der Waals surface area contributed by atoms with Crippen molar-refractivity contribution < 1.29 is 14.5 Å². The Morgan fingerprint density at radius 2 is 1.91 bits per heavy atom. The Morgan fingerprint density at radius 3 is 2.59 bits per heavy atom. The molecule has 1 heterocycles. The minimum absolute atomic E-state index is 0.00707. The number of benzene rings is 2. The maximum Gasteiger partial charge on any atom is 0.274 e. The molecule has 0 bridgehead atoms. The molecule has 2 aromatic carbocycles. The zero-order chi connectivity index (χ0) is 22.9. The van der Waals surface area contributed by atoms with Crippen molar-refractivity contribution in [2.45, 2.75) is 32.9 Å². The van der Waals surface area contributed by atoms with Crippen LogP contribution in [0.3, 0.4) is 0 Å². The van der Waals surface area contributed by atoms with Crippen LogP contribution in [0.1, 0.15) is 24.5 Å². The van der Waals surface area contributed by atoms with Crippen LogP contribution in [0.15, 0.2) is 48.5 Å². The van der Waals surface area contributed by atoms with Crippen LogP contribution >= 0.6 is 0 Å². The molecule has 0 saturated carbocycles. The van der Waals surface area contributed by atoms with Crippen LogP contribution in [0.25, 0.3) is 0 Å². The molecule has 1 N–H and O–H groups in total. The minimum atomic E-state index is -0.431. The quantitative estimate of drug-likeness (QED) is 0.450. The lowest BCUT2D eigenvalue weighted by Crippen LogP contribution is -2.46. The molecular weight excluding hydrogens is 408 g/mol. The molecule has 1 amide bonds. The first kappa shape index (κ1) is 23.8. The zero-order valence-electron chi connectivity index (χ0n) is 18.8. The van der Waals surface area contributed by atoms with E-state index < -0.39 is 4.92 Å². The van der Waals surface area contributed by atoms with Crippen LogP contribution in [-0.2, 0) is 16.1 Å². The Bertz CT molecular complexity index is 900. The van der Waals surface area contributed by atoms with Gasteiger partial charge in [0.25, 0.3) is 5.69 Å². The zero-order valence-corrected chi connectivity index (χ0v) is 18.8. The fourth-order valence-corrected chi connectivity index (χ4v) is 3.96. The number of hydrogen-bond donors (Lipinski definition) is 1. The number of ether oxygens (including phenoxy) is 1. The van der Waals surface area contributed by atoms with Crippen molar-refractivity contribution in [3.05, 3.63) is 69.8 Å². The maximum atomic E-state index is 12.7. The molecule has 2 aromatic rings. The lowest BCUT2D eigenvalue weighted by Gasteiger charge is -2.35. The SMILES string of the molecule is Cc1c(NC(=O)CCN(Cc2ccccc2)C(C)CN2CCOCC2)cccc1[N+](=O)[O-]. The number of anilines is 1. The number of nitrogens with one attached hydrogen (secondary N) is 1. The van der Waals surface area contributed by atoms with E-state index in [-0.39, 0.29) is 17.6 Å². The molecule has 0 aromatic heterocycles. The van der Waals surface area contributed by atoms with Gasteiger partial charge in [-0.1, -0.05) is 36.4 Å². The summed E-state index contributed by atoms with van der Waals surface area (Å²) in [6.45, 7) is 9.50. The van der Waals surface area contributed by atoms with Crippen molar-refractivity contribution in [1.82, 2.24) is 9.80 Å². The summed E-state index contributed by atoms with van der Waals surface area (Å²) in [6, 6.07) is 15.2. The molecule has 0 spiro atoms. The van der Waals surface area contributed by atoms with Gasteiger partial charge in [0, 0.05) is 51.3 Å². The van der Waals surface area contributed by atoms with E-state index in [1.165, 1.54) is 11.6 Å². The number of hydrogen-bond acceptors (Lipinski definition) is 6. The van der Waals surface area contributed by atoms with Gasteiger partial charge in [0.2, 0.25) is 5.91 Å². The number of carbonyl (C=O) groups excluding carboxylic acids is 1. The van der Waals surface area contributed by atoms with Gasteiger partial charge in [0.1, 0.15) is 0 Å². The Balaban J connectivity index is 1.62. The van der Waals surface area contributed by atoms with Crippen LogP contribution in [0.2, 0.25) is 0 Å². The third kappa shape index (κ3) is 6.85. The number of nitrogens with zero attached hydrogens (tertiary/aromatic N) is 3. The second kappa shape index (κ2) is 11.7. The summed E-state index contributed by atoms with van der Waals surface area (Å²) < 4.78 is 5.46. The van der Waals surface area contributed by atoms with Crippen LogP contribution in [0.4, 0.5) is 11.4 Å². The van der Waals surface area contributed by atoms with E-state index in [9.17, 15) is 14.9 Å². The predicted molar refractivity (Wildman–Crippen MR) is 125 cm³/mol. The van der Waals surface area contributed by atoms with Crippen molar-refractivity contribution in [3.8, 4) is 0 Å². The third-order valence-electron chi connectivity index (χ3n) is 5.88. The summed E-state index contributed by atoms with van der Waals surface area (Å²) in [6.07, 6.45) is 0.308. The fourth-order valence-electron chi connectivity index (χ4n) is 3.96. The van der Waals surface area contributed by atoms with Gasteiger partial charge in [-0.05, 0) is 25.5 Å². The van der Waals surface area contributed by atoms with Gasteiger partial charge in [-0.15, -0.1) is 0 Å². The highest BCUT2D eigenvalue weighted by molar-refractivity contribution is 5.92. The van der Waals surface area contributed by atoms with E-state index in [0.29, 0.717) is 24.2 Å². The van der Waals surface area contributed by atoms with Crippen LogP contribution in [0.5, 0.6) is 0 Å². The molecule has 0 radical (unpaired) electrons. The van der Waals surface area contributed by atoms with E-state index >= 15 is 0 Å². The van der Waals surface area contributed by atoms with Crippen molar-refractivity contribution in [3.63, 3.8) is 0 Å². The van der Waals surface area contributed by atoms with Gasteiger partial charge >= 0.3 is 0 Å². The summed E-state index contributed by atoms with van der Waals surface area (Å²) in [5.74, 6) is -0.148. The van der Waals surface area contributed by atoms with Crippen LogP contribution in [-0.4, -0.2) is 66.1 Å². The van der Waals surface area contributed by atoms with Gasteiger partial charge in [-0.2, -0.15) is 0 Å². The maximum absolute atomic E-state index is 12.7. The number of carbonyl (C=O) groups is 1. The van der Waals surface area contributed by atoms with E-state index in [0.717, 1.165) is 39.4 Å². The number of rotatable bonds is 10. The Hall–Kier alpha value is -2.81. The van der Waals surface area contributed by atoms with E-state index in [1.807, 2.05) is 18.2 Å². The Labute approximate surface area is 189 Å². The van der Waals surface area contributed by atoms with Crippen molar-refractivity contribution in [2.75, 3.05) is 44.7 Å². The van der Waals surface area contributed by atoms with Gasteiger partial charge in [0.15, 0.2) is 0 Å². The third-order valence-corrected chi connectivity index (χ3v) is 5.88. The van der Waals surface area contributed by atoms with Gasteiger partial charge in [-0.25, -0.2) is 0 Å². The highest BCUT2D eigenvalue weighted by atomic mass is 16.6. The van der Waals surface area contributed by atoms with Crippen molar-refractivity contribution >= 4 is 17.3 Å². The number of nitro benzene ring substituents is 1. The molecule has 8 nitrogen and oxygen atoms in total. The molecule has 3 rings (SSSR count). The van der Waals surface area contributed by atoms with Crippen LogP contribution < -0.4 is 5.32 Å². The van der Waals surface area contributed by atoms with E-state index in [4.69, 9.17) is 4.74 Å². The molecular formula is C24H32N4O4. The average molecular weight is 441 g/mol. The number of amides is 1. The summed E-state index contributed by atoms with van der Waals surface area (Å²) in [4.78, 5) is 28.1. The molecule has 1 saturated heterocycles. The largest absolute Gasteiger partial charge is 0.379 e. The molecule has 1 aliphatic rings. The molecule has 172 valence electrons. The highest BCUT2D eigenvalue weighted by Gasteiger charge is 2.21. The smallest absolute Gasteiger partial charge is 0.274 e. The Kier molecular flexibility index (Phi) is 8.72. The van der Waals surface area contributed by atoms with E-state index in [2.05, 4.69) is 34.2 Å². The standard InChI is InChI=1S/C24H32N4O4/c1-19(17-26-13-15-32-16-14-26)27(18-21-7-4-3-5-8-21)12-11-24(29)25-22-9-6-10-23(20(22)2)28(30)31/h3-10,19H,11-18H2,1-2H3,(H,25,29).